The zero-order valence-corrected chi connectivity index (χ0v) is 8.27. The van der Waals surface area contributed by atoms with Gasteiger partial charge in [-0.05, 0) is 30.2 Å². The van der Waals surface area contributed by atoms with Crippen LogP contribution in [-0.4, -0.2) is 12.5 Å². The molecule has 0 aromatic carbocycles. The third-order valence-electron chi connectivity index (χ3n) is 2.52. The summed E-state index contributed by atoms with van der Waals surface area (Å²) in [5.41, 5.74) is 0. The summed E-state index contributed by atoms with van der Waals surface area (Å²) in [5.74, 6) is 0.825. The normalized spacial score (nSPS) is 16.6. The Hall–Kier alpha value is -0.830. The Labute approximate surface area is 82.0 Å². The molecule has 1 N–H and O–H groups in total. The minimum absolute atomic E-state index is 0.0851. The van der Waals surface area contributed by atoms with Gasteiger partial charge in [0.2, 0.25) is 0 Å². The van der Waals surface area contributed by atoms with Crippen LogP contribution in [0.25, 0.3) is 0 Å². The van der Waals surface area contributed by atoms with E-state index < -0.39 is 0 Å². The van der Waals surface area contributed by atoms with Gasteiger partial charge in [0.05, 0.1) is 4.88 Å². The van der Waals surface area contributed by atoms with Crippen molar-refractivity contribution >= 4 is 17.2 Å². The lowest BCUT2D eigenvalue weighted by molar-refractivity contribution is 0.0943. The van der Waals surface area contributed by atoms with Gasteiger partial charge in [0.15, 0.2) is 0 Å². The summed E-state index contributed by atoms with van der Waals surface area (Å²) in [5, 5.41) is 4.89. The Bertz CT molecular complexity index is 277. The molecule has 0 radical (unpaired) electrons. The quantitative estimate of drug-likeness (QED) is 0.787. The van der Waals surface area contributed by atoms with Crippen LogP contribution in [0.15, 0.2) is 17.5 Å². The molecular weight excluding hydrogens is 182 g/mol. The van der Waals surface area contributed by atoms with E-state index in [1.54, 1.807) is 0 Å². The molecule has 1 aliphatic carbocycles. The van der Waals surface area contributed by atoms with Crippen LogP contribution in [0.4, 0.5) is 0 Å². The molecule has 2 rings (SSSR count). The summed E-state index contributed by atoms with van der Waals surface area (Å²) >= 11 is 1.50. The number of thiophene rings is 1. The predicted molar refractivity (Wildman–Crippen MR) is 54.0 cm³/mol. The van der Waals surface area contributed by atoms with E-state index in [0.29, 0.717) is 0 Å². The highest BCUT2D eigenvalue weighted by atomic mass is 32.1. The zero-order valence-electron chi connectivity index (χ0n) is 7.45. The molecule has 1 aromatic rings. The molecule has 13 heavy (non-hydrogen) atoms. The maximum Gasteiger partial charge on any atom is 0.261 e. The van der Waals surface area contributed by atoms with E-state index in [2.05, 4.69) is 5.32 Å². The van der Waals surface area contributed by atoms with Gasteiger partial charge in [-0.25, -0.2) is 0 Å². The predicted octanol–water partition coefficient (Wildman–Crippen LogP) is 2.28. The van der Waals surface area contributed by atoms with Gasteiger partial charge in [0.25, 0.3) is 5.91 Å². The number of nitrogens with one attached hydrogen (secondary N) is 1. The van der Waals surface area contributed by atoms with E-state index in [0.717, 1.165) is 17.3 Å². The zero-order chi connectivity index (χ0) is 9.10. The molecule has 1 saturated carbocycles. The first-order chi connectivity index (χ1) is 6.36. The van der Waals surface area contributed by atoms with Crippen LogP contribution in [0, 0.1) is 5.92 Å². The van der Waals surface area contributed by atoms with Gasteiger partial charge in [0.1, 0.15) is 0 Å². The lowest BCUT2D eigenvalue weighted by atomic mass is 9.85. The van der Waals surface area contributed by atoms with Crippen LogP contribution in [-0.2, 0) is 0 Å². The standard InChI is InChI=1S/C10H13NOS/c12-10(9-5-2-6-13-9)11-7-8-3-1-4-8/h2,5-6,8H,1,3-4,7H2,(H,11,12). The van der Waals surface area contributed by atoms with E-state index in [9.17, 15) is 4.79 Å². The fraction of sp³-hybridized carbons (Fsp3) is 0.500. The van der Waals surface area contributed by atoms with Gasteiger partial charge in [0, 0.05) is 6.54 Å². The van der Waals surface area contributed by atoms with Gasteiger partial charge < -0.3 is 5.32 Å². The van der Waals surface area contributed by atoms with Crippen LogP contribution in [0.2, 0.25) is 0 Å². The molecule has 1 aliphatic rings. The fourth-order valence-electron chi connectivity index (χ4n) is 1.43. The first kappa shape index (κ1) is 8.75. The third kappa shape index (κ3) is 2.10. The van der Waals surface area contributed by atoms with E-state index in [-0.39, 0.29) is 5.91 Å². The van der Waals surface area contributed by atoms with Crippen LogP contribution in [0.5, 0.6) is 0 Å². The molecule has 0 saturated heterocycles. The van der Waals surface area contributed by atoms with Crippen molar-refractivity contribution in [1.82, 2.24) is 5.32 Å². The topological polar surface area (TPSA) is 29.1 Å². The van der Waals surface area contributed by atoms with Crippen molar-refractivity contribution in [3.63, 3.8) is 0 Å². The highest BCUT2D eigenvalue weighted by molar-refractivity contribution is 7.12. The van der Waals surface area contributed by atoms with E-state index in [1.165, 1.54) is 30.6 Å². The SMILES string of the molecule is O=C(NCC1CCC1)c1cccs1. The second kappa shape index (κ2) is 3.92. The molecule has 2 nitrogen and oxygen atoms in total. The average molecular weight is 195 g/mol. The minimum Gasteiger partial charge on any atom is -0.351 e. The molecule has 1 fully saturated rings. The average Bonchev–Trinajstić information content (AvgIpc) is 2.52. The van der Waals surface area contributed by atoms with E-state index >= 15 is 0 Å². The lowest BCUT2D eigenvalue weighted by Gasteiger charge is -2.25. The van der Waals surface area contributed by atoms with Crippen molar-refractivity contribution in [2.24, 2.45) is 5.92 Å². The highest BCUT2D eigenvalue weighted by Gasteiger charge is 2.18. The van der Waals surface area contributed by atoms with Gasteiger partial charge in [-0.3, -0.25) is 4.79 Å². The molecule has 3 heteroatoms. The van der Waals surface area contributed by atoms with Crippen LogP contribution in [0.3, 0.4) is 0 Å². The second-order valence-corrected chi connectivity index (χ2v) is 4.43. The summed E-state index contributed by atoms with van der Waals surface area (Å²) in [4.78, 5) is 12.3. The largest absolute Gasteiger partial charge is 0.351 e. The molecule has 0 aliphatic heterocycles. The second-order valence-electron chi connectivity index (χ2n) is 3.48. The minimum atomic E-state index is 0.0851. The smallest absolute Gasteiger partial charge is 0.261 e. The number of rotatable bonds is 3. The van der Waals surface area contributed by atoms with Gasteiger partial charge in [-0.15, -0.1) is 11.3 Å². The van der Waals surface area contributed by atoms with Gasteiger partial charge >= 0.3 is 0 Å². The maximum atomic E-state index is 11.4. The van der Waals surface area contributed by atoms with Crippen molar-refractivity contribution in [3.05, 3.63) is 22.4 Å². The third-order valence-corrected chi connectivity index (χ3v) is 3.39. The monoisotopic (exact) mass is 195 g/mol. The van der Waals surface area contributed by atoms with Crippen LogP contribution in [0.1, 0.15) is 28.9 Å². The lowest BCUT2D eigenvalue weighted by Crippen LogP contribution is -2.31. The molecule has 0 bridgehead atoms. The molecule has 1 aromatic heterocycles. The Morgan fingerprint density at radius 2 is 2.46 bits per heavy atom. The van der Waals surface area contributed by atoms with Crippen molar-refractivity contribution in [1.29, 1.82) is 0 Å². The Morgan fingerprint density at radius 3 is 3.00 bits per heavy atom. The highest BCUT2D eigenvalue weighted by Crippen LogP contribution is 2.25. The van der Waals surface area contributed by atoms with Crippen molar-refractivity contribution in [2.75, 3.05) is 6.54 Å². The Balaban J connectivity index is 1.78. The summed E-state index contributed by atoms with van der Waals surface area (Å²) in [6.07, 6.45) is 3.90. The number of hydrogen-bond acceptors (Lipinski definition) is 2. The Kier molecular flexibility index (Phi) is 2.64. The molecular formula is C10H13NOS. The van der Waals surface area contributed by atoms with Crippen molar-refractivity contribution in [2.45, 2.75) is 19.3 Å². The van der Waals surface area contributed by atoms with Crippen LogP contribution >= 0.6 is 11.3 Å². The summed E-state index contributed by atoms with van der Waals surface area (Å²) in [6, 6.07) is 3.77. The van der Waals surface area contributed by atoms with Crippen molar-refractivity contribution < 1.29 is 4.79 Å². The Morgan fingerprint density at radius 1 is 1.62 bits per heavy atom. The number of hydrogen-bond donors (Lipinski definition) is 1. The summed E-state index contributed by atoms with van der Waals surface area (Å²) < 4.78 is 0. The fourth-order valence-corrected chi connectivity index (χ4v) is 2.07. The molecule has 1 heterocycles. The summed E-state index contributed by atoms with van der Waals surface area (Å²) in [7, 11) is 0. The molecule has 1 amide bonds. The molecule has 0 spiro atoms. The number of carbonyl (C=O) groups excluding carboxylic acids is 1. The maximum absolute atomic E-state index is 11.4. The first-order valence-electron chi connectivity index (χ1n) is 4.68. The number of carbonyl (C=O) groups is 1. The van der Waals surface area contributed by atoms with E-state index in [4.69, 9.17) is 0 Å². The van der Waals surface area contributed by atoms with Gasteiger partial charge in [-0.2, -0.15) is 0 Å². The van der Waals surface area contributed by atoms with Crippen LogP contribution < -0.4 is 5.32 Å². The summed E-state index contributed by atoms with van der Waals surface area (Å²) in [6.45, 7) is 0.858. The van der Waals surface area contributed by atoms with Gasteiger partial charge in [-0.1, -0.05) is 12.5 Å². The molecule has 0 unspecified atom stereocenters. The molecule has 0 atom stereocenters. The number of amides is 1. The first-order valence-corrected chi connectivity index (χ1v) is 5.56. The van der Waals surface area contributed by atoms with E-state index in [1.807, 2.05) is 17.5 Å². The molecule has 70 valence electrons. The van der Waals surface area contributed by atoms with Crippen molar-refractivity contribution in [3.8, 4) is 0 Å².